The van der Waals surface area contributed by atoms with Crippen LogP contribution in [0, 0.1) is 11.8 Å². The Morgan fingerprint density at radius 2 is 0.967 bits per heavy atom. The summed E-state index contributed by atoms with van der Waals surface area (Å²) in [5, 5.41) is 0. The van der Waals surface area contributed by atoms with E-state index in [0.717, 1.165) is 57.8 Å². The van der Waals surface area contributed by atoms with E-state index in [1.807, 2.05) is 0 Å². The third-order valence-corrected chi connectivity index (χ3v) is 5.09. The first kappa shape index (κ1) is 28.7. The van der Waals surface area contributed by atoms with Crippen molar-refractivity contribution in [3.8, 4) is 0 Å². The number of unbranched alkanes of at least 4 members (excludes halogenated alkanes) is 8. The summed E-state index contributed by atoms with van der Waals surface area (Å²) in [6.45, 7) is 9.67. The number of hydrogen-bond acceptors (Lipinski definition) is 4. The van der Waals surface area contributed by atoms with Crippen LogP contribution in [0.25, 0.3) is 0 Å². The minimum absolute atomic E-state index is 0.0402. The lowest BCUT2D eigenvalue weighted by molar-refractivity contribution is -0.145. The molecule has 0 aliphatic carbocycles. The predicted molar refractivity (Wildman–Crippen MR) is 125 cm³/mol. The zero-order chi connectivity index (χ0) is 22.5. The van der Waals surface area contributed by atoms with Crippen LogP contribution in [0.3, 0.4) is 0 Å². The maximum Gasteiger partial charge on any atom is 0.305 e. The molecular formula is C26H48O4. The van der Waals surface area contributed by atoms with Gasteiger partial charge in [-0.1, -0.05) is 65.5 Å². The van der Waals surface area contributed by atoms with Crippen molar-refractivity contribution in [3.05, 3.63) is 12.2 Å². The van der Waals surface area contributed by atoms with Crippen molar-refractivity contribution in [2.45, 2.75) is 118 Å². The zero-order valence-electron chi connectivity index (χ0n) is 20.3. The molecule has 4 nitrogen and oxygen atoms in total. The fourth-order valence-electron chi connectivity index (χ4n) is 2.97. The van der Waals surface area contributed by atoms with Gasteiger partial charge >= 0.3 is 11.9 Å². The Bertz CT molecular complexity index is 440. The van der Waals surface area contributed by atoms with Gasteiger partial charge in [0.2, 0.25) is 0 Å². The highest BCUT2D eigenvalue weighted by Crippen LogP contribution is 2.10. The normalized spacial score (nSPS) is 11.5. The van der Waals surface area contributed by atoms with Crippen molar-refractivity contribution in [1.29, 1.82) is 0 Å². The minimum Gasteiger partial charge on any atom is -0.466 e. The number of ether oxygens (including phenoxy) is 2. The summed E-state index contributed by atoms with van der Waals surface area (Å²) in [5.74, 6) is 1.08. The van der Waals surface area contributed by atoms with Gasteiger partial charge in [-0.2, -0.15) is 0 Å². The van der Waals surface area contributed by atoms with Crippen molar-refractivity contribution in [3.63, 3.8) is 0 Å². The lowest BCUT2D eigenvalue weighted by Crippen LogP contribution is -2.07. The number of allylic oxidation sites excluding steroid dienone is 2. The molecular weight excluding hydrogens is 376 g/mol. The maximum absolute atomic E-state index is 11.6. The molecule has 0 rings (SSSR count). The predicted octanol–water partition coefficient (Wildman–Crippen LogP) is 7.40. The van der Waals surface area contributed by atoms with Gasteiger partial charge in [-0.25, -0.2) is 0 Å². The van der Waals surface area contributed by atoms with Crippen molar-refractivity contribution in [2.24, 2.45) is 11.8 Å². The SMILES string of the molecule is CC(C)CCOC(=O)CCCCC/C=C/CCCCCCCC(=O)OCCC(C)C. The monoisotopic (exact) mass is 424 g/mol. The number of carbonyl (C=O) groups is 2. The van der Waals surface area contributed by atoms with E-state index in [4.69, 9.17) is 9.47 Å². The molecule has 0 aromatic carbocycles. The summed E-state index contributed by atoms with van der Waals surface area (Å²) in [6, 6.07) is 0. The maximum atomic E-state index is 11.6. The fraction of sp³-hybridized carbons (Fsp3) is 0.846. The van der Waals surface area contributed by atoms with Crippen molar-refractivity contribution < 1.29 is 19.1 Å². The van der Waals surface area contributed by atoms with Crippen LogP contribution in [0.15, 0.2) is 12.2 Å². The molecule has 0 saturated heterocycles. The van der Waals surface area contributed by atoms with Gasteiger partial charge < -0.3 is 9.47 Å². The third-order valence-electron chi connectivity index (χ3n) is 5.09. The Morgan fingerprint density at radius 1 is 0.600 bits per heavy atom. The Morgan fingerprint density at radius 3 is 1.40 bits per heavy atom. The molecule has 0 amide bonds. The molecule has 0 bridgehead atoms. The number of hydrogen-bond donors (Lipinski definition) is 0. The van der Waals surface area contributed by atoms with Crippen molar-refractivity contribution in [1.82, 2.24) is 0 Å². The van der Waals surface area contributed by atoms with Gasteiger partial charge in [0.25, 0.3) is 0 Å². The van der Waals surface area contributed by atoms with Crippen LogP contribution in [-0.4, -0.2) is 25.2 Å². The molecule has 0 fully saturated rings. The quantitative estimate of drug-likeness (QED) is 0.116. The van der Waals surface area contributed by atoms with Gasteiger partial charge in [-0.15, -0.1) is 0 Å². The summed E-state index contributed by atoms with van der Waals surface area (Å²) < 4.78 is 10.4. The van der Waals surface area contributed by atoms with Crippen molar-refractivity contribution in [2.75, 3.05) is 13.2 Å². The molecule has 0 saturated carbocycles. The highest BCUT2D eigenvalue weighted by Gasteiger charge is 2.04. The fourth-order valence-corrected chi connectivity index (χ4v) is 2.97. The molecule has 0 unspecified atom stereocenters. The summed E-state index contributed by atoms with van der Waals surface area (Å²) >= 11 is 0. The second-order valence-electron chi connectivity index (χ2n) is 9.18. The van der Waals surface area contributed by atoms with Gasteiger partial charge in [0.05, 0.1) is 13.2 Å². The molecule has 0 heterocycles. The van der Waals surface area contributed by atoms with Gasteiger partial charge in [0.1, 0.15) is 0 Å². The second kappa shape index (κ2) is 20.9. The van der Waals surface area contributed by atoms with Crippen molar-refractivity contribution >= 4 is 11.9 Å². The van der Waals surface area contributed by atoms with E-state index >= 15 is 0 Å². The minimum atomic E-state index is -0.0470. The molecule has 30 heavy (non-hydrogen) atoms. The summed E-state index contributed by atoms with van der Waals surface area (Å²) in [5.41, 5.74) is 0. The molecule has 0 aromatic heterocycles. The topological polar surface area (TPSA) is 52.6 Å². The molecule has 0 spiro atoms. The number of rotatable bonds is 20. The first-order chi connectivity index (χ1) is 14.4. The Balaban J connectivity index is 3.31. The molecule has 0 radical (unpaired) electrons. The van der Waals surface area contributed by atoms with E-state index in [1.54, 1.807) is 0 Å². The van der Waals surface area contributed by atoms with Crippen LogP contribution in [-0.2, 0) is 19.1 Å². The largest absolute Gasteiger partial charge is 0.466 e. The van der Waals surface area contributed by atoms with Gasteiger partial charge in [-0.05, 0) is 63.2 Å². The molecule has 0 atom stereocenters. The Labute approximate surface area is 186 Å². The molecule has 0 aliphatic heterocycles. The van der Waals surface area contributed by atoms with Crippen LogP contribution in [0.2, 0.25) is 0 Å². The second-order valence-corrected chi connectivity index (χ2v) is 9.18. The molecule has 176 valence electrons. The van der Waals surface area contributed by atoms with Crippen LogP contribution in [0.4, 0.5) is 0 Å². The van der Waals surface area contributed by atoms with E-state index < -0.39 is 0 Å². The highest BCUT2D eigenvalue weighted by atomic mass is 16.5. The van der Waals surface area contributed by atoms with E-state index in [9.17, 15) is 9.59 Å². The first-order valence-electron chi connectivity index (χ1n) is 12.4. The zero-order valence-corrected chi connectivity index (χ0v) is 20.3. The third kappa shape index (κ3) is 23.0. The number of carbonyl (C=O) groups excluding carboxylic acids is 2. The van der Waals surface area contributed by atoms with Crippen LogP contribution >= 0.6 is 0 Å². The van der Waals surface area contributed by atoms with Crippen LogP contribution < -0.4 is 0 Å². The summed E-state index contributed by atoms with van der Waals surface area (Å²) in [7, 11) is 0. The highest BCUT2D eigenvalue weighted by molar-refractivity contribution is 5.69. The van der Waals surface area contributed by atoms with Crippen LogP contribution in [0.1, 0.15) is 118 Å². The lowest BCUT2D eigenvalue weighted by Gasteiger charge is -2.06. The first-order valence-corrected chi connectivity index (χ1v) is 12.4. The van der Waals surface area contributed by atoms with Crippen LogP contribution in [0.5, 0.6) is 0 Å². The van der Waals surface area contributed by atoms with E-state index in [0.29, 0.717) is 37.9 Å². The smallest absolute Gasteiger partial charge is 0.305 e. The summed E-state index contributed by atoms with van der Waals surface area (Å²) in [4.78, 5) is 23.1. The molecule has 4 heteroatoms. The summed E-state index contributed by atoms with van der Waals surface area (Å²) in [6.07, 6.45) is 18.7. The average molecular weight is 425 g/mol. The van der Waals surface area contributed by atoms with Gasteiger partial charge in [0, 0.05) is 12.8 Å². The van der Waals surface area contributed by atoms with E-state index in [1.165, 1.54) is 19.3 Å². The molecule has 0 aliphatic rings. The average Bonchev–Trinajstić information content (AvgIpc) is 2.67. The number of esters is 2. The van der Waals surface area contributed by atoms with E-state index in [-0.39, 0.29) is 11.9 Å². The molecule has 0 N–H and O–H groups in total. The Kier molecular flexibility index (Phi) is 20.0. The van der Waals surface area contributed by atoms with Gasteiger partial charge in [-0.3, -0.25) is 9.59 Å². The molecule has 0 aromatic rings. The van der Waals surface area contributed by atoms with Gasteiger partial charge in [0.15, 0.2) is 0 Å². The standard InChI is InChI=1S/C26H48O4/c1-23(2)19-21-29-25(27)17-15-13-11-9-7-5-6-8-10-12-14-16-18-26(28)30-22-20-24(3)4/h5,7,23-24H,6,8-22H2,1-4H3/b7-5+. The Hall–Kier alpha value is -1.32. The van der Waals surface area contributed by atoms with E-state index in [2.05, 4.69) is 39.8 Å². The lowest BCUT2D eigenvalue weighted by atomic mass is 10.1.